The number of nitrogens with one attached hydrogen (secondary N) is 1. The van der Waals surface area contributed by atoms with Gasteiger partial charge < -0.3 is 21.5 Å². The first-order chi connectivity index (χ1) is 5.33. The molecule has 0 atom stereocenters. The van der Waals surface area contributed by atoms with E-state index in [9.17, 15) is 0 Å². The highest BCUT2D eigenvalue weighted by Crippen LogP contribution is 1.49. The number of hydrogen-bond acceptors (Lipinski definition) is 5. The van der Waals surface area contributed by atoms with Crippen molar-refractivity contribution in [3.05, 3.63) is 0 Å². The zero-order chi connectivity index (χ0) is 8.95. The minimum Gasteiger partial charge on any atom is -0.471 e. The Hall–Kier alpha value is -0.650. The molecule has 0 bridgehead atoms. The Labute approximate surface area is 67.1 Å². The predicted molar refractivity (Wildman–Crippen MR) is 44.1 cm³/mol. The Bertz CT molecular complexity index is 66.8. The molecule has 0 unspecified atom stereocenters. The first-order valence-electron chi connectivity index (χ1n) is 3.40. The first kappa shape index (κ1) is 13.0. The van der Waals surface area contributed by atoms with Crippen molar-refractivity contribution in [2.24, 2.45) is 11.5 Å². The molecule has 0 aromatic rings. The van der Waals surface area contributed by atoms with E-state index in [4.69, 9.17) is 16.3 Å². The second kappa shape index (κ2) is 16.2. The SMILES string of the molecule is COC=O.NCCNCCN. The van der Waals surface area contributed by atoms with E-state index in [1.165, 1.54) is 7.11 Å². The summed E-state index contributed by atoms with van der Waals surface area (Å²) in [4.78, 5) is 8.95. The molecule has 0 aliphatic heterocycles. The highest BCUT2D eigenvalue weighted by Gasteiger charge is 1.76. The van der Waals surface area contributed by atoms with Crippen LogP contribution < -0.4 is 16.8 Å². The summed E-state index contributed by atoms with van der Waals surface area (Å²) in [6.07, 6.45) is 0. The summed E-state index contributed by atoms with van der Waals surface area (Å²) in [5, 5.41) is 3.03. The van der Waals surface area contributed by atoms with Gasteiger partial charge in [-0.05, 0) is 0 Å². The zero-order valence-electron chi connectivity index (χ0n) is 6.88. The van der Waals surface area contributed by atoms with Crippen molar-refractivity contribution < 1.29 is 9.53 Å². The summed E-state index contributed by atoms with van der Waals surface area (Å²) in [6.45, 7) is 3.51. The number of rotatable bonds is 5. The molecule has 0 saturated heterocycles. The van der Waals surface area contributed by atoms with Gasteiger partial charge in [-0.15, -0.1) is 0 Å². The smallest absolute Gasteiger partial charge is 0.292 e. The minimum atomic E-state index is 0.375. The zero-order valence-corrected chi connectivity index (χ0v) is 6.88. The van der Waals surface area contributed by atoms with Crippen LogP contribution in [0.1, 0.15) is 0 Å². The van der Waals surface area contributed by atoms with Gasteiger partial charge in [0.2, 0.25) is 0 Å². The fraction of sp³-hybridized carbons (Fsp3) is 0.833. The number of hydrogen-bond donors (Lipinski definition) is 3. The average Bonchev–Trinajstić information content (AvgIpc) is 2.06. The normalized spacial score (nSPS) is 7.91. The molecule has 0 heterocycles. The molecule has 0 spiro atoms. The maximum absolute atomic E-state index is 8.95. The lowest BCUT2D eigenvalue weighted by atomic mass is 10.6. The maximum Gasteiger partial charge on any atom is 0.292 e. The molecule has 0 saturated carbocycles. The molecule has 0 aliphatic rings. The lowest BCUT2D eigenvalue weighted by molar-refractivity contribution is -0.126. The minimum absolute atomic E-state index is 0.375. The monoisotopic (exact) mass is 163 g/mol. The van der Waals surface area contributed by atoms with Crippen molar-refractivity contribution in [1.29, 1.82) is 0 Å². The van der Waals surface area contributed by atoms with Crippen LogP contribution in [-0.4, -0.2) is 39.8 Å². The Morgan fingerprint density at radius 3 is 1.91 bits per heavy atom. The molecule has 0 aromatic carbocycles. The third-order valence-electron chi connectivity index (χ3n) is 0.738. The summed E-state index contributed by atoms with van der Waals surface area (Å²) in [5.41, 5.74) is 10.3. The van der Waals surface area contributed by atoms with Crippen molar-refractivity contribution >= 4 is 6.47 Å². The highest BCUT2D eigenvalue weighted by atomic mass is 16.5. The quantitative estimate of drug-likeness (QED) is 0.331. The van der Waals surface area contributed by atoms with E-state index < -0.39 is 0 Å². The van der Waals surface area contributed by atoms with E-state index in [0.717, 1.165) is 13.1 Å². The van der Waals surface area contributed by atoms with Gasteiger partial charge in [0.15, 0.2) is 0 Å². The summed E-state index contributed by atoms with van der Waals surface area (Å²) in [7, 11) is 1.31. The van der Waals surface area contributed by atoms with Crippen LogP contribution in [0, 0.1) is 0 Å². The number of nitrogens with two attached hydrogens (primary N) is 2. The fourth-order valence-corrected chi connectivity index (χ4v) is 0.329. The molecular formula is C6H17N3O2. The van der Waals surface area contributed by atoms with Gasteiger partial charge in [0.05, 0.1) is 7.11 Å². The van der Waals surface area contributed by atoms with Crippen molar-refractivity contribution in [2.75, 3.05) is 33.3 Å². The van der Waals surface area contributed by atoms with Gasteiger partial charge in [0.25, 0.3) is 6.47 Å². The van der Waals surface area contributed by atoms with Gasteiger partial charge in [-0.2, -0.15) is 0 Å². The third kappa shape index (κ3) is 26.7. The van der Waals surface area contributed by atoms with Gasteiger partial charge in [-0.3, -0.25) is 4.79 Å². The summed E-state index contributed by atoms with van der Waals surface area (Å²) in [6, 6.07) is 0. The summed E-state index contributed by atoms with van der Waals surface area (Å²) in [5.74, 6) is 0. The summed E-state index contributed by atoms with van der Waals surface area (Å²) >= 11 is 0. The second-order valence-electron chi connectivity index (χ2n) is 1.66. The molecule has 5 N–H and O–H groups in total. The molecular weight excluding hydrogens is 146 g/mol. The Morgan fingerprint density at radius 2 is 1.73 bits per heavy atom. The van der Waals surface area contributed by atoms with Crippen molar-refractivity contribution in [2.45, 2.75) is 0 Å². The van der Waals surface area contributed by atoms with Crippen LogP contribution in [0.25, 0.3) is 0 Å². The van der Waals surface area contributed by atoms with Crippen molar-refractivity contribution in [3.8, 4) is 0 Å². The molecule has 0 fully saturated rings. The lowest BCUT2D eigenvalue weighted by Gasteiger charge is -1.95. The molecule has 68 valence electrons. The Balaban J connectivity index is 0. The molecule has 0 radical (unpaired) electrons. The van der Waals surface area contributed by atoms with E-state index in [1.807, 2.05) is 0 Å². The fourth-order valence-electron chi connectivity index (χ4n) is 0.329. The van der Waals surface area contributed by atoms with E-state index in [1.54, 1.807) is 0 Å². The molecule has 5 nitrogen and oxygen atoms in total. The predicted octanol–water partition coefficient (Wildman–Crippen LogP) is -1.72. The van der Waals surface area contributed by atoms with E-state index in [-0.39, 0.29) is 0 Å². The standard InChI is InChI=1S/C4H13N3.C2H4O2/c5-1-3-7-4-2-6;1-4-2-3/h7H,1-6H2;2H,1H3. The van der Waals surface area contributed by atoms with E-state index in [2.05, 4.69) is 10.1 Å². The topological polar surface area (TPSA) is 90.4 Å². The van der Waals surface area contributed by atoms with Crippen LogP contribution in [0.15, 0.2) is 0 Å². The molecule has 0 amide bonds. The van der Waals surface area contributed by atoms with E-state index in [0.29, 0.717) is 19.6 Å². The largest absolute Gasteiger partial charge is 0.471 e. The average molecular weight is 163 g/mol. The van der Waals surface area contributed by atoms with Gasteiger partial charge in [0, 0.05) is 26.2 Å². The maximum atomic E-state index is 8.95. The molecule has 0 aliphatic carbocycles. The molecule has 11 heavy (non-hydrogen) atoms. The van der Waals surface area contributed by atoms with Crippen LogP contribution >= 0.6 is 0 Å². The van der Waals surface area contributed by atoms with Crippen LogP contribution in [0.4, 0.5) is 0 Å². The van der Waals surface area contributed by atoms with E-state index >= 15 is 0 Å². The second-order valence-corrected chi connectivity index (χ2v) is 1.66. The number of carbonyl (C=O) groups is 1. The third-order valence-corrected chi connectivity index (χ3v) is 0.738. The van der Waals surface area contributed by atoms with Gasteiger partial charge in [0.1, 0.15) is 0 Å². The van der Waals surface area contributed by atoms with Gasteiger partial charge >= 0.3 is 0 Å². The van der Waals surface area contributed by atoms with Crippen LogP contribution in [0.3, 0.4) is 0 Å². The summed E-state index contributed by atoms with van der Waals surface area (Å²) < 4.78 is 3.86. The molecule has 5 heteroatoms. The van der Waals surface area contributed by atoms with Crippen LogP contribution in [0.2, 0.25) is 0 Å². The number of ether oxygens (including phenoxy) is 1. The molecule has 0 aromatic heterocycles. The van der Waals surface area contributed by atoms with Gasteiger partial charge in [-0.1, -0.05) is 0 Å². The number of carbonyl (C=O) groups excluding carboxylic acids is 1. The number of methoxy groups -OCH3 is 1. The van der Waals surface area contributed by atoms with Crippen LogP contribution in [-0.2, 0) is 9.53 Å². The first-order valence-corrected chi connectivity index (χ1v) is 3.40. The van der Waals surface area contributed by atoms with Gasteiger partial charge in [-0.25, -0.2) is 0 Å². The van der Waals surface area contributed by atoms with Crippen LogP contribution in [0.5, 0.6) is 0 Å². The molecule has 0 rings (SSSR count). The highest BCUT2D eigenvalue weighted by molar-refractivity contribution is 5.36. The lowest BCUT2D eigenvalue weighted by Crippen LogP contribution is -2.27. The Kier molecular flexibility index (Phi) is 19.1. The van der Waals surface area contributed by atoms with Crippen molar-refractivity contribution in [3.63, 3.8) is 0 Å². The van der Waals surface area contributed by atoms with Crippen molar-refractivity contribution in [1.82, 2.24) is 5.32 Å². The Morgan fingerprint density at radius 1 is 1.36 bits per heavy atom.